The second-order valence-corrected chi connectivity index (χ2v) is 10.1. The maximum Gasteiger partial charge on any atom is 0.341 e. The molecule has 4 rings (SSSR count). The number of carbonyl (C=O) groups excluding carboxylic acids is 2. The molecule has 0 spiro atoms. The second kappa shape index (κ2) is 11.6. The summed E-state index contributed by atoms with van der Waals surface area (Å²) in [4.78, 5) is 29.4. The fourth-order valence-electron chi connectivity index (χ4n) is 4.23. The van der Waals surface area contributed by atoms with E-state index in [9.17, 15) is 9.59 Å². The van der Waals surface area contributed by atoms with Crippen molar-refractivity contribution in [2.75, 3.05) is 18.5 Å². The van der Waals surface area contributed by atoms with E-state index in [0.29, 0.717) is 23.7 Å². The maximum absolute atomic E-state index is 13.0. The number of fused-ring (bicyclic) bond motifs is 1. The van der Waals surface area contributed by atoms with Crippen molar-refractivity contribution >= 4 is 28.2 Å². The minimum Gasteiger partial charge on any atom is -0.462 e. The predicted molar refractivity (Wildman–Crippen MR) is 141 cm³/mol. The summed E-state index contributed by atoms with van der Waals surface area (Å²) in [5, 5.41) is 6.88. The summed E-state index contributed by atoms with van der Waals surface area (Å²) in [6.45, 7) is 9.03. The molecule has 7 heteroatoms. The van der Waals surface area contributed by atoms with Gasteiger partial charge in [0.1, 0.15) is 5.00 Å². The highest BCUT2D eigenvalue weighted by atomic mass is 32.1. The van der Waals surface area contributed by atoms with Crippen LogP contribution >= 0.6 is 11.3 Å². The van der Waals surface area contributed by atoms with E-state index >= 15 is 0 Å². The average Bonchev–Trinajstić information content (AvgIpc) is 3.21. The Bertz CT molecular complexity index is 1160. The van der Waals surface area contributed by atoms with Crippen molar-refractivity contribution in [2.24, 2.45) is 0 Å². The van der Waals surface area contributed by atoms with Crippen molar-refractivity contribution in [3.63, 3.8) is 0 Å². The summed E-state index contributed by atoms with van der Waals surface area (Å²) in [7, 11) is 0. The van der Waals surface area contributed by atoms with Gasteiger partial charge in [-0.25, -0.2) is 4.79 Å². The van der Waals surface area contributed by atoms with Crippen LogP contribution in [0.2, 0.25) is 0 Å². The van der Waals surface area contributed by atoms with Crippen LogP contribution in [0.4, 0.5) is 5.00 Å². The summed E-state index contributed by atoms with van der Waals surface area (Å²) in [5.74, 6) is -0.528. The minimum atomic E-state index is -0.417. The van der Waals surface area contributed by atoms with Crippen LogP contribution in [0.1, 0.15) is 51.3 Å². The molecule has 0 aliphatic carbocycles. The molecule has 184 valence electrons. The SMILES string of the molecule is CCOC(=O)c1c(NC(=O)[C@@H](C)NCc2ccc(C)cc2)sc2c1CCN(Cc1ccccc1)C2. The molecular weight excluding hydrogens is 458 g/mol. The first-order chi connectivity index (χ1) is 16.9. The van der Waals surface area contributed by atoms with Gasteiger partial charge in [-0.3, -0.25) is 9.69 Å². The average molecular weight is 492 g/mol. The molecule has 6 nitrogen and oxygen atoms in total. The van der Waals surface area contributed by atoms with Gasteiger partial charge in [-0.05, 0) is 43.9 Å². The van der Waals surface area contributed by atoms with Gasteiger partial charge in [-0.15, -0.1) is 11.3 Å². The van der Waals surface area contributed by atoms with Gasteiger partial charge < -0.3 is 15.4 Å². The number of nitrogens with one attached hydrogen (secondary N) is 2. The van der Waals surface area contributed by atoms with Crippen LogP contribution in [0.3, 0.4) is 0 Å². The number of amides is 1. The summed E-state index contributed by atoms with van der Waals surface area (Å²) in [5.41, 5.74) is 5.11. The molecule has 0 fully saturated rings. The van der Waals surface area contributed by atoms with E-state index in [-0.39, 0.29) is 11.9 Å². The van der Waals surface area contributed by atoms with E-state index in [1.807, 2.05) is 13.0 Å². The van der Waals surface area contributed by atoms with Crippen molar-refractivity contribution in [1.29, 1.82) is 0 Å². The normalized spacial score (nSPS) is 14.3. The van der Waals surface area contributed by atoms with Crippen molar-refractivity contribution in [3.05, 3.63) is 87.3 Å². The number of esters is 1. The van der Waals surface area contributed by atoms with E-state index in [0.717, 1.165) is 42.1 Å². The summed E-state index contributed by atoms with van der Waals surface area (Å²) >= 11 is 1.49. The Labute approximate surface area is 211 Å². The monoisotopic (exact) mass is 491 g/mol. The standard InChI is InChI=1S/C28H33N3O3S/c1-4-34-28(33)25-23-14-15-31(17-22-8-6-5-7-9-22)18-24(23)35-27(25)30-26(32)20(3)29-16-21-12-10-19(2)11-13-21/h5-13,20,29H,4,14-18H2,1-3H3,(H,30,32)/t20-/m1/s1. The van der Waals surface area contributed by atoms with Crippen molar-refractivity contribution < 1.29 is 14.3 Å². The first kappa shape index (κ1) is 25.1. The van der Waals surface area contributed by atoms with Crippen LogP contribution in [0.5, 0.6) is 0 Å². The highest BCUT2D eigenvalue weighted by molar-refractivity contribution is 7.17. The quantitative estimate of drug-likeness (QED) is 0.416. The lowest BCUT2D eigenvalue weighted by atomic mass is 10.0. The molecule has 0 saturated carbocycles. The Balaban J connectivity index is 1.46. The topological polar surface area (TPSA) is 70.7 Å². The number of thiophene rings is 1. The molecule has 1 atom stereocenters. The Kier molecular flexibility index (Phi) is 8.33. The number of nitrogens with zero attached hydrogens (tertiary/aromatic N) is 1. The largest absolute Gasteiger partial charge is 0.462 e. The molecule has 2 heterocycles. The summed E-state index contributed by atoms with van der Waals surface area (Å²) < 4.78 is 5.36. The number of benzene rings is 2. The minimum absolute atomic E-state index is 0.164. The predicted octanol–water partition coefficient (Wildman–Crippen LogP) is 4.91. The van der Waals surface area contributed by atoms with Gasteiger partial charge in [-0.2, -0.15) is 0 Å². The lowest BCUT2D eigenvalue weighted by Crippen LogP contribution is -2.37. The zero-order valence-electron chi connectivity index (χ0n) is 20.6. The van der Waals surface area contributed by atoms with Gasteiger partial charge in [-0.1, -0.05) is 60.2 Å². The van der Waals surface area contributed by atoms with Gasteiger partial charge in [0, 0.05) is 31.1 Å². The van der Waals surface area contributed by atoms with E-state index in [1.165, 1.54) is 22.5 Å². The molecule has 2 aromatic carbocycles. The fraction of sp³-hybridized carbons (Fsp3) is 0.357. The van der Waals surface area contributed by atoms with Crippen LogP contribution in [0, 0.1) is 6.92 Å². The van der Waals surface area contributed by atoms with E-state index in [1.54, 1.807) is 6.92 Å². The van der Waals surface area contributed by atoms with Crippen LogP contribution < -0.4 is 10.6 Å². The first-order valence-electron chi connectivity index (χ1n) is 12.1. The highest BCUT2D eigenvalue weighted by Gasteiger charge is 2.30. The third kappa shape index (κ3) is 6.36. The highest BCUT2D eigenvalue weighted by Crippen LogP contribution is 2.38. The number of hydrogen-bond acceptors (Lipinski definition) is 6. The lowest BCUT2D eigenvalue weighted by molar-refractivity contribution is -0.117. The van der Waals surface area contributed by atoms with Crippen LogP contribution in [0.15, 0.2) is 54.6 Å². The first-order valence-corrected chi connectivity index (χ1v) is 12.9. The molecule has 3 aromatic rings. The molecule has 0 radical (unpaired) electrons. The molecule has 1 aliphatic heterocycles. The Morgan fingerprint density at radius 2 is 1.83 bits per heavy atom. The van der Waals surface area contributed by atoms with E-state index in [2.05, 4.69) is 71.0 Å². The Hall–Kier alpha value is -3.00. The smallest absolute Gasteiger partial charge is 0.341 e. The molecule has 1 aliphatic rings. The van der Waals surface area contributed by atoms with Crippen LogP contribution in [-0.4, -0.2) is 36.0 Å². The van der Waals surface area contributed by atoms with Crippen LogP contribution in [-0.2, 0) is 35.6 Å². The zero-order valence-corrected chi connectivity index (χ0v) is 21.4. The lowest BCUT2D eigenvalue weighted by Gasteiger charge is -2.27. The van der Waals surface area contributed by atoms with Gasteiger partial charge >= 0.3 is 5.97 Å². The van der Waals surface area contributed by atoms with Crippen LogP contribution in [0.25, 0.3) is 0 Å². The summed E-state index contributed by atoms with van der Waals surface area (Å²) in [6.07, 6.45) is 0.754. The van der Waals surface area contributed by atoms with Crippen molar-refractivity contribution in [3.8, 4) is 0 Å². The van der Waals surface area contributed by atoms with Crippen molar-refractivity contribution in [1.82, 2.24) is 10.2 Å². The Morgan fingerprint density at radius 1 is 1.09 bits per heavy atom. The van der Waals surface area contributed by atoms with Gasteiger partial charge in [0.05, 0.1) is 18.2 Å². The Morgan fingerprint density at radius 3 is 2.54 bits per heavy atom. The van der Waals surface area contributed by atoms with Crippen molar-refractivity contribution in [2.45, 2.75) is 52.9 Å². The molecule has 0 bridgehead atoms. The summed E-state index contributed by atoms with van der Waals surface area (Å²) in [6, 6.07) is 18.2. The van der Waals surface area contributed by atoms with Gasteiger partial charge in [0.25, 0.3) is 0 Å². The molecule has 0 unspecified atom stereocenters. The number of carbonyl (C=O) groups is 2. The number of rotatable bonds is 9. The van der Waals surface area contributed by atoms with Gasteiger partial charge in [0.15, 0.2) is 0 Å². The number of ether oxygens (including phenoxy) is 1. The van der Waals surface area contributed by atoms with E-state index in [4.69, 9.17) is 4.74 Å². The number of anilines is 1. The third-order valence-electron chi connectivity index (χ3n) is 6.23. The fourth-order valence-corrected chi connectivity index (χ4v) is 5.51. The molecule has 1 amide bonds. The third-order valence-corrected chi connectivity index (χ3v) is 7.36. The second-order valence-electron chi connectivity index (χ2n) is 8.95. The molecule has 1 aromatic heterocycles. The molecular formula is C28H33N3O3S. The number of hydrogen-bond donors (Lipinski definition) is 2. The molecule has 35 heavy (non-hydrogen) atoms. The number of aryl methyl sites for hydroxylation is 1. The zero-order chi connectivity index (χ0) is 24.8. The maximum atomic E-state index is 13.0. The molecule has 0 saturated heterocycles. The molecule has 2 N–H and O–H groups in total. The van der Waals surface area contributed by atoms with Gasteiger partial charge in [0.2, 0.25) is 5.91 Å². The van der Waals surface area contributed by atoms with E-state index < -0.39 is 6.04 Å².